The van der Waals surface area contributed by atoms with Crippen molar-refractivity contribution in [2.75, 3.05) is 18.2 Å². The normalized spacial score (nSPS) is 21.1. The SMILES string of the molecule is COc1cnc2cccc(CC(N)[C@H]3CC[C@@H](NCc4ccc5c(n4)NC(=O)CS5)CC3)c2n1. The van der Waals surface area contributed by atoms with Crippen molar-refractivity contribution < 1.29 is 9.53 Å². The molecule has 8 nitrogen and oxygen atoms in total. The van der Waals surface area contributed by atoms with Crippen LogP contribution in [0.4, 0.5) is 5.82 Å². The third kappa shape index (κ3) is 5.16. The number of nitrogens with one attached hydrogen (secondary N) is 2. The van der Waals surface area contributed by atoms with E-state index in [1.165, 1.54) is 11.8 Å². The zero-order valence-corrected chi connectivity index (χ0v) is 20.1. The molecular formula is C25H30N6O2S. The zero-order valence-electron chi connectivity index (χ0n) is 19.3. The number of carbonyl (C=O) groups excluding carboxylic acids is 1. The van der Waals surface area contributed by atoms with Crippen LogP contribution in [-0.2, 0) is 17.8 Å². The van der Waals surface area contributed by atoms with Crippen LogP contribution in [-0.4, -0.2) is 45.8 Å². The minimum atomic E-state index is 0.0134. The summed E-state index contributed by atoms with van der Waals surface area (Å²) < 4.78 is 5.26. The van der Waals surface area contributed by atoms with Crippen LogP contribution in [0.1, 0.15) is 36.9 Å². The number of rotatable bonds is 7. The van der Waals surface area contributed by atoms with Crippen molar-refractivity contribution in [3.8, 4) is 5.88 Å². The van der Waals surface area contributed by atoms with Gasteiger partial charge in [-0.15, -0.1) is 11.8 Å². The van der Waals surface area contributed by atoms with Crippen LogP contribution in [0.25, 0.3) is 11.0 Å². The van der Waals surface area contributed by atoms with Crippen molar-refractivity contribution in [3.05, 3.63) is 47.8 Å². The second-order valence-electron chi connectivity index (χ2n) is 9.04. The second-order valence-corrected chi connectivity index (χ2v) is 10.1. The van der Waals surface area contributed by atoms with Crippen molar-refractivity contribution in [1.29, 1.82) is 0 Å². The predicted octanol–water partition coefficient (Wildman–Crippen LogP) is 3.30. The Balaban J connectivity index is 1.14. The van der Waals surface area contributed by atoms with Gasteiger partial charge in [-0.1, -0.05) is 12.1 Å². The average Bonchev–Trinajstić information content (AvgIpc) is 2.87. The van der Waals surface area contributed by atoms with Gasteiger partial charge in [0, 0.05) is 18.6 Å². The van der Waals surface area contributed by atoms with Gasteiger partial charge in [-0.2, -0.15) is 0 Å². The molecule has 1 saturated carbocycles. The molecule has 0 bridgehead atoms. The minimum absolute atomic E-state index is 0.0134. The fourth-order valence-corrected chi connectivity index (χ4v) is 5.62. The Bertz CT molecular complexity index is 1180. The third-order valence-electron chi connectivity index (χ3n) is 6.78. The maximum atomic E-state index is 11.6. The number of para-hydroxylation sites is 1. The molecule has 1 fully saturated rings. The second kappa shape index (κ2) is 10.2. The van der Waals surface area contributed by atoms with Crippen LogP contribution >= 0.6 is 11.8 Å². The molecule has 0 spiro atoms. The average molecular weight is 479 g/mol. The summed E-state index contributed by atoms with van der Waals surface area (Å²) in [6, 6.07) is 10.7. The van der Waals surface area contributed by atoms with E-state index in [4.69, 9.17) is 10.5 Å². The first-order valence-corrected chi connectivity index (χ1v) is 12.8. The molecule has 1 atom stereocenters. The molecule has 0 radical (unpaired) electrons. The number of ether oxygens (including phenoxy) is 1. The highest BCUT2D eigenvalue weighted by atomic mass is 32.2. The van der Waals surface area contributed by atoms with Gasteiger partial charge in [-0.05, 0) is 61.8 Å². The highest BCUT2D eigenvalue weighted by Crippen LogP contribution is 2.31. The Morgan fingerprint density at radius 3 is 2.88 bits per heavy atom. The molecule has 4 N–H and O–H groups in total. The Morgan fingerprint density at radius 1 is 1.21 bits per heavy atom. The number of fused-ring (bicyclic) bond motifs is 2. The van der Waals surface area contributed by atoms with E-state index in [9.17, 15) is 4.79 Å². The molecular weight excluding hydrogens is 448 g/mol. The van der Waals surface area contributed by atoms with E-state index in [-0.39, 0.29) is 11.9 Å². The van der Waals surface area contributed by atoms with E-state index in [2.05, 4.69) is 31.7 Å². The fraction of sp³-hybridized carbons (Fsp3) is 0.440. The van der Waals surface area contributed by atoms with E-state index < -0.39 is 0 Å². The Kier molecular flexibility index (Phi) is 6.94. The lowest BCUT2D eigenvalue weighted by atomic mass is 9.80. The molecule has 178 valence electrons. The molecule has 34 heavy (non-hydrogen) atoms. The van der Waals surface area contributed by atoms with E-state index in [0.717, 1.165) is 59.3 Å². The maximum Gasteiger partial charge on any atom is 0.235 e. The summed E-state index contributed by atoms with van der Waals surface area (Å²) in [6.45, 7) is 0.700. The number of methoxy groups -OCH3 is 1. The lowest BCUT2D eigenvalue weighted by Crippen LogP contribution is -2.39. The number of thioether (sulfide) groups is 1. The van der Waals surface area contributed by atoms with Crippen LogP contribution in [0, 0.1) is 5.92 Å². The minimum Gasteiger partial charge on any atom is -0.480 e. The van der Waals surface area contributed by atoms with Crippen LogP contribution in [0.5, 0.6) is 5.88 Å². The van der Waals surface area contributed by atoms with Gasteiger partial charge < -0.3 is 21.1 Å². The van der Waals surface area contributed by atoms with Crippen LogP contribution in [0.2, 0.25) is 0 Å². The highest BCUT2D eigenvalue weighted by Gasteiger charge is 2.26. The molecule has 1 unspecified atom stereocenters. The summed E-state index contributed by atoms with van der Waals surface area (Å²) in [6.07, 6.45) is 6.82. The van der Waals surface area contributed by atoms with Crippen molar-refractivity contribution in [3.63, 3.8) is 0 Å². The molecule has 0 saturated heterocycles. The van der Waals surface area contributed by atoms with E-state index in [1.807, 2.05) is 24.3 Å². The molecule has 2 aliphatic rings. The largest absolute Gasteiger partial charge is 0.480 e. The van der Waals surface area contributed by atoms with Gasteiger partial charge >= 0.3 is 0 Å². The Hall–Kier alpha value is -2.75. The number of hydrogen-bond acceptors (Lipinski definition) is 8. The van der Waals surface area contributed by atoms with Crippen LogP contribution in [0.3, 0.4) is 0 Å². The summed E-state index contributed by atoms with van der Waals surface area (Å²) in [5.74, 6) is 2.17. The van der Waals surface area contributed by atoms with Gasteiger partial charge in [0.05, 0.1) is 40.7 Å². The molecule has 9 heteroatoms. The van der Waals surface area contributed by atoms with Crippen molar-refractivity contribution in [1.82, 2.24) is 20.3 Å². The number of nitrogens with two attached hydrogens (primary N) is 1. The molecule has 1 aromatic carbocycles. The number of anilines is 1. The molecule has 1 aliphatic heterocycles. The monoisotopic (exact) mass is 478 g/mol. The number of aromatic nitrogens is 3. The maximum absolute atomic E-state index is 11.6. The van der Waals surface area contributed by atoms with Gasteiger partial charge in [0.15, 0.2) is 0 Å². The number of amides is 1. The fourth-order valence-electron chi connectivity index (χ4n) is 4.86. The number of hydrogen-bond donors (Lipinski definition) is 3. The number of benzene rings is 1. The predicted molar refractivity (Wildman–Crippen MR) is 134 cm³/mol. The summed E-state index contributed by atoms with van der Waals surface area (Å²) in [4.78, 5) is 26.3. The van der Waals surface area contributed by atoms with Crippen molar-refractivity contribution in [2.24, 2.45) is 11.7 Å². The van der Waals surface area contributed by atoms with Crippen molar-refractivity contribution >= 4 is 34.5 Å². The number of nitrogens with zero attached hydrogens (tertiary/aromatic N) is 3. The van der Waals surface area contributed by atoms with Gasteiger partial charge in [-0.25, -0.2) is 15.0 Å². The van der Waals surface area contributed by atoms with E-state index >= 15 is 0 Å². The van der Waals surface area contributed by atoms with Crippen molar-refractivity contribution in [2.45, 2.75) is 55.6 Å². The highest BCUT2D eigenvalue weighted by molar-refractivity contribution is 8.00. The number of pyridine rings is 1. The Morgan fingerprint density at radius 2 is 2.06 bits per heavy atom. The first kappa shape index (κ1) is 23.0. The molecule has 5 rings (SSSR count). The molecule has 1 aliphatic carbocycles. The molecule has 2 aromatic heterocycles. The summed E-state index contributed by atoms with van der Waals surface area (Å²) >= 11 is 1.54. The summed E-state index contributed by atoms with van der Waals surface area (Å²) in [5, 5.41) is 6.51. The van der Waals surface area contributed by atoms with Crippen LogP contribution in [0.15, 0.2) is 41.4 Å². The van der Waals surface area contributed by atoms with Crippen LogP contribution < -0.4 is 21.1 Å². The molecule has 3 heterocycles. The summed E-state index contributed by atoms with van der Waals surface area (Å²) in [7, 11) is 1.61. The Labute approximate surface area is 203 Å². The lowest BCUT2D eigenvalue weighted by Gasteiger charge is -2.33. The lowest BCUT2D eigenvalue weighted by molar-refractivity contribution is -0.113. The van der Waals surface area contributed by atoms with E-state index in [0.29, 0.717) is 36.0 Å². The van der Waals surface area contributed by atoms with Gasteiger partial charge in [-0.3, -0.25) is 4.79 Å². The third-order valence-corrected chi connectivity index (χ3v) is 7.83. The first-order chi connectivity index (χ1) is 16.6. The van der Waals surface area contributed by atoms with Gasteiger partial charge in [0.1, 0.15) is 5.82 Å². The van der Waals surface area contributed by atoms with E-state index in [1.54, 1.807) is 13.3 Å². The topological polar surface area (TPSA) is 115 Å². The first-order valence-electron chi connectivity index (χ1n) is 11.8. The molecule has 1 amide bonds. The zero-order chi connectivity index (χ0) is 23.5. The molecule has 3 aromatic rings. The standard InChI is InChI=1S/C25H30N6O2S/c1-33-23-13-28-20-4-2-3-16(24(20)31-23)11-19(26)15-5-7-17(8-6-15)27-12-18-9-10-21-25(29-18)30-22(32)14-34-21/h2-4,9-10,13,15,17,19,27H,5-8,11-12,14,26H2,1H3,(H,29,30,32)/t15-,17+,19?. The quantitative estimate of drug-likeness (QED) is 0.474. The van der Waals surface area contributed by atoms with Gasteiger partial charge in [0.2, 0.25) is 11.8 Å². The summed E-state index contributed by atoms with van der Waals surface area (Å²) in [5.41, 5.74) is 10.5. The smallest absolute Gasteiger partial charge is 0.235 e. The number of carbonyl (C=O) groups is 1. The van der Waals surface area contributed by atoms with Gasteiger partial charge in [0.25, 0.3) is 0 Å².